The largest absolute Gasteiger partial charge is 0.462 e. The van der Waals surface area contributed by atoms with Crippen LogP contribution in [0.15, 0.2) is 24.3 Å². The van der Waals surface area contributed by atoms with Crippen LogP contribution in [0, 0.1) is 0 Å². The van der Waals surface area contributed by atoms with E-state index in [-0.39, 0.29) is 24.2 Å². The van der Waals surface area contributed by atoms with Gasteiger partial charge in [-0.05, 0) is 25.0 Å². The van der Waals surface area contributed by atoms with Crippen LogP contribution < -0.4 is 0 Å². The molecule has 0 radical (unpaired) electrons. The van der Waals surface area contributed by atoms with Gasteiger partial charge in [-0.3, -0.25) is 4.55 Å². The Balaban J connectivity index is 2.32. The molecule has 1 atom stereocenters. The van der Waals surface area contributed by atoms with Crippen LogP contribution >= 0.6 is 0 Å². The van der Waals surface area contributed by atoms with Crippen molar-refractivity contribution in [2.75, 3.05) is 6.61 Å². The number of rotatable bonds is 18. The average Bonchev–Trinajstić information content (AvgIpc) is 2.79. The van der Waals surface area contributed by atoms with Gasteiger partial charge < -0.3 is 9.47 Å². The molecular weight excluding hydrogens is 444 g/mol. The third-order valence-corrected chi connectivity index (χ3v) is 6.60. The predicted octanol–water partition coefficient (Wildman–Crippen LogP) is 6.33. The van der Waals surface area contributed by atoms with E-state index in [4.69, 9.17) is 14.0 Å². The Hall–Kier alpha value is -1.93. The molecule has 1 unspecified atom stereocenters. The molecule has 33 heavy (non-hydrogen) atoms. The molecule has 1 aromatic carbocycles. The summed E-state index contributed by atoms with van der Waals surface area (Å²) < 4.78 is 41.9. The second-order valence-corrected chi connectivity index (χ2v) is 9.88. The van der Waals surface area contributed by atoms with Crippen molar-refractivity contribution in [3.8, 4) is 0 Å². The lowest BCUT2D eigenvalue weighted by atomic mass is 10.1. The van der Waals surface area contributed by atoms with Crippen LogP contribution in [0.5, 0.6) is 0 Å². The van der Waals surface area contributed by atoms with E-state index in [0.717, 1.165) is 19.3 Å². The summed E-state index contributed by atoms with van der Waals surface area (Å²) in [6, 6.07) is 5.90. The maximum atomic E-state index is 12.4. The van der Waals surface area contributed by atoms with Gasteiger partial charge in [0.15, 0.2) is 0 Å². The van der Waals surface area contributed by atoms with Crippen molar-refractivity contribution in [2.45, 2.75) is 103 Å². The van der Waals surface area contributed by atoms with Gasteiger partial charge in [-0.15, -0.1) is 0 Å². The quantitative estimate of drug-likeness (QED) is 0.147. The number of benzene rings is 1. The molecule has 1 aromatic rings. The van der Waals surface area contributed by atoms with Crippen LogP contribution in [0.2, 0.25) is 0 Å². The Morgan fingerprint density at radius 2 is 1.24 bits per heavy atom. The Bertz CT molecular complexity index is 805. The van der Waals surface area contributed by atoms with Crippen LogP contribution in [0.4, 0.5) is 0 Å². The van der Waals surface area contributed by atoms with Gasteiger partial charge in [-0.1, -0.05) is 96.6 Å². The maximum Gasteiger partial charge on any atom is 0.340 e. The zero-order valence-electron chi connectivity index (χ0n) is 20.1. The van der Waals surface area contributed by atoms with Gasteiger partial charge in [0.05, 0.1) is 17.7 Å². The summed E-state index contributed by atoms with van der Waals surface area (Å²) in [5.74, 6) is -1.66. The summed E-state index contributed by atoms with van der Waals surface area (Å²) in [6.45, 7) is 3.94. The summed E-state index contributed by atoms with van der Waals surface area (Å²) in [5.41, 5.74) is -1.78. The molecule has 188 valence electrons. The lowest BCUT2D eigenvalue weighted by Crippen LogP contribution is -2.27. The fraction of sp³-hybridized carbons (Fsp3) is 0.680. The minimum Gasteiger partial charge on any atom is -0.462 e. The van der Waals surface area contributed by atoms with Crippen LogP contribution in [0.3, 0.4) is 0 Å². The topological polar surface area (TPSA) is 107 Å². The molecule has 0 spiro atoms. The highest BCUT2D eigenvalue weighted by molar-refractivity contribution is 7.86. The van der Waals surface area contributed by atoms with Gasteiger partial charge in [-0.25, -0.2) is 9.59 Å². The summed E-state index contributed by atoms with van der Waals surface area (Å²) in [5, 5.41) is 0. The van der Waals surface area contributed by atoms with E-state index in [1.807, 2.05) is 0 Å². The van der Waals surface area contributed by atoms with Crippen molar-refractivity contribution >= 4 is 22.1 Å². The van der Waals surface area contributed by atoms with Crippen molar-refractivity contribution < 1.29 is 32.0 Å². The van der Waals surface area contributed by atoms with Gasteiger partial charge >= 0.3 is 22.1 Å². The van der Waals surface area contributed by atoms with Crippen LogP contribution in [-0.2, 0) is 19.6 Å². The standard InChI is InChI=1S/C25H40O7S/c1-3-5-6-7-8-9-10-11-12-13-14-17-20-31-24(26)21-18-15-16-19-22(21)25(27)32-23(4-2)33(28,29)30/h15-16,18-19,23H,3-14,17,20H2,1-2H3,(H,28,29,30). The summed E-state index contributed by atoms with van der Waals surface area (Å²) in [6.07, 6.45) is 14.4. The molecule has 0 aromatic heterocycles. The highest BCUT2D eigenvalue weighted by Crippen LogP contribution is 2.16. The molecule has 0 aliphatic heterocycles. The van der Waals surface area contributed by atoms with Crippen molar-refractivity contribution in [2.24, 2.45) is 0 Å². The first kappa shape index (κ1) is 29.1. The van der Waals surface area contributed by atoms with E-state index >= 15 is 0 Å². The fourth-order valence-electron chi connectivity index (χ4n) is 3.56. The van der Waals surface area contributed by atoms with Crippen molar-refractivity contribution in [3.63, 3.8) is 0 Å². The molecule has 1 rings (SSSR count). The Morgan fingerprint density at radius 3 is 1.70 bits per heavy atom. The predicted molar refractivity (Wildman–Crippen MR) is 129 cm³/mol. The second kappa shape index (κ2) is 16.6. The first-order valence-corrected chi connectivity index (χ1v) is 13.7. The first-order chi connectivity index (χ1) is 15.8. The van der Waals surface area contributed by atoms with Gasteiger partial charge in [0.2, 0.25) is 5.44 Å². The molecule has 0 saturated heterocycles. The molecule has 7 nitrogen and oxygen atoms in total. The lowest BCUT2D eigenvalue weighted by Gasteiger charge is -2.14. The Labute approximate surface area is 199 Å². The van der Waals surface area contributed by atoms with Crippen molar-refractivity contribution in [1.29, 1.82) is 0 Å². The third kappa shape index (κ3) is 12.2. The number of carbonyl (C=O) groups is 2. The smallest absolute Gasteiger partial charge is 0.340 e. The average molecular weight is 485 g/mol. The number of esters is 2. The molecule has 0 heterocycles. The summed E-state index contributed by atoms with van der Waals surface area (Å²) in [7, 11) is -4.55. The van der Waals surface area contributed by atoms with Crippen LogP contribution in [0.1, 0.15) is 118 Å². The Kier molecular flexibility index (Phi) is 14.7. The highest BCUT2D eigenvalue weighted by atomic mass is 32.2. The first-order valence-electron chi connectivity index (χ1n) is 12.2. The van der Waals surface area contributed by atoms with Crippen LogP contribution in [-0.4, -0.2) is 37.0 Å². The lowest BCUT2D eigenvalue weighted by molar-refractivity contribution is 0.0402. The van der Waals surface area contributed by atoms with Gasteiger partial charge in [0.1, 0.15) is 0 Å². The monoisotopic (exact) mass is 484 g/mol. The normalized spacial score (nSPS) is 12.3. The fourth-order valence-corrected chi connectivity index (χ4v) is 4.19. The molecule has 0 fully saturated rings. The molecule has 8 heteroatoms. The zero-order chi connectivity index (χ0) is 24.5. The van der Waals surface area contributed by atoms with E-state index in [1.54, 1.807) is 6.07 Å². The summed E-state index contributed by atoms with van der Waals surface area (Å²) in [4.78, 5) is 24.8. The van der Waals surface area contributed by atoms with Crippen molar-refractivity contribution in [1.82, 2.24) is 0 Å². The van der Waals surface area contributed by atoms with Gasteiger partial charge in [0.25, 0.3) is 0 Å². The molecule has 0 aliphatic carbocycles. The number of ether oxygens (including phenoxy) is 2. The SMILES string of the molecule is CCCCCCCCCCCCCCOC(=O)c1ccccc1C(=O)OC(CC)S(=O)(=O)O. The maximum absolute atomic E-state index is 12.4. The number of unbranched alkanes of at least 4 members (excludes halogenated alkanes) is 11. The number of carbonyl (C=O) groups excluding carboxylic acids is 2. The summed E-state index contributed by atoms with van der Waals surface area (Å²) >= 11 is 0. The molecule has 1 N–H and O–H groups in total. The molecule has 0 bridgehead atoms. The van der Waals surface area contributed by atoms with E-state index in [0.29, 0.717) is 0 Å². The minimum atomic E-state index is -4.55. The molecule has 0 amide bonds. The van der Waals surface area contributed by atoms with Gasteiger partial charge in [-0.2, -0.15) is 8.42 Å². The molecular formula is C25H40O7S. The van der Waals surface area contributed by atoms with E-state index in [2.05, 4.69) is 6.92 Å². The Morgan fingerprint density at radius 1 is 0.788 bits per heavy atom. The number of hydrogen-bond donors (Lipinski definition) is 1. The molecule has 0 aliphatic rings. The van der Waals surface area contributed by atoms with Crippen molar-refractivity contribution in [3.05, 3.63) is 35.4 Å². The van der Waals surface area contributed by atoms with E-state index in [1.165, 1.54) is 82.9 Å². The zero-order valence-corrected chi connectivity index (χ0v) is 20.9. The van der Waals surface area contributed by atoms with E-state index < -0.39 is 27.5 Å². The van der Waals surface area contributed by atoms with Crippen LogP contribution in [0.25, 0.3) is 0 Å². The highest BCUT2D eigenvalue weighted by Gasteiger charge is 2.28. The van der Waals surface area contributed by atoms with E-state index in [9.17, 15) is 18.0 Å². The molecule has 0 saturated carbocycles. The third-order valence-electron chi connectivity index (χ3n) is 5.50. The number of hydrogen-bond acceptors (Lipinski definition) is 6. The van der Waals surface area contributed by atoms with Gasteiger partial charge in [0, 0.05) is 0 Å². The second-order valence-electron chi connectivity index (χ2n) is 8.33. The minimum absolute atomic E-state index is 0.00614.